The highest BCUT2D eigenvalue weighted by Gasteiger charge is 2.34. The Hall–Kier alpha value is -4.45. The van der Waals surface area contributed by atoms with Gasteiger partial charge in [-0.25, -0.2) is 4.39 Å². The molecule has 0 N–H and O–H groups in total. The predicted molar refractivity (Wildman–Crippen MR) is 160 cm³/mol. The van der Waals surface area contributed by atoms with Crippen LogP contribution in [0, 0.1) is 19.7 Å². The molecule has 1 aliphatic heterocycles. The summed E-state index contributed by atoms with van der Waals surface area (Å²) in [7, 11) is 0. The molecule has 41 heavy (non-hydrogen) atoms. The maximum absolute atomic E-state index is 13.8. The Morgan fingerprint density at radius 3 is 2.37 bits per heavy atom. The van der Waals surface area contributed by atoms with Crippen molar-refractivity contribution in [3.8, 4) is 6.01 Å². The molecule has 2 heterocycles. The van der Waals surface area contributed by atoms with Crippen LogP contribution in [-0.2, 0) is 13.0 Å². The monoisotopic (exact) mass is 547 g/mol. The van der Waals surface area contributed by atoms with Crippen LogP contribution in [0.5, 0.6) is 6.01 Å². The number of likely N-dealkylation sites (tertiary alicyclic amines) is 1. The van der Waals surface area contributed by atoms with Gasteiger partial charge in [0.15, 0.2) is 0 Å². The molecule has 5 aromatic rings. The number of carbonyl (C=O) groups is 1. The Kier molecular flexibility index (Phi) is 7.55. The number of hydrogen-bond donors (Lipinski definition) is 0. The van der Waals surface area contributed by atoms with Gasteiger partial charge >= 0.3 is 0 Å². The summed E-state index contributed by atoms with van der Waals surface area (Å²) in [6.07, 6.45) is 2.06. The quantitative estimate of drug-likeness (QED) is 0.218. The zero-order valence-corrected chi connectivity index (χ0v) is 23.5. The second-order valence-electron chi connectivity index (χ2n) is 11.1. The lowest BCUT2D eigenvalue weighted by atomic mass is 9.92. The fourth-order valence-electron chi connectivity index (χ4n) is 5.95. The molecule has 1 aliphatic rings. The topological polar surface area (TPSA) is 47.4 Å². The molecule has 1 amide bonds. The molecule has 0 aliphatic carbocycles. The fraction of sp³-hybridized carbons (Fsp3) is 0.257. The van der Waals surface area contributed by atoms with Gasteiger partial charge in [-0.15, -0.1) is 0 Å². The first kappa shape index (κ1) is 26.8. The summed E-state index contributed by atoms with van der Waals surface area (Å²) in [4.78, 5) is 20.7. The molecule has 0 unspecified atom stereocenters. The van der Waals surface area contributed by atoms with E-state index in [1.54, 1.807) is 12.1 Å². The maximum Gasteiger partial charge on any atom is 0.297 e. The van der Waals surface area contributed by atoms with E-state index in [2.05, 4.69) is 22.8 Å². The number of amides is 1. The van der Waals surface area contributed by atoms with Gasteiger partial charge in [0.25, 0.3) is 11.9 Å². The molecular weight excluding hydrogens is 513 g/mol. The zero-order valence-electron chi connectivity index (χ0n) is 23.5. The average molecular weight is 548 g/mol. The molecule has 1 fully saturated rings. The van der Waals surface area contributed by atoms with Crippen molar-refractivity contribution >= 4 is 16.9 Å². The largest absolute Gasteiger partial charge is 0.461 e. The third-order valence-electron chi connectivity index (χ3n) is 7.86. The van der Waals surface area contributed by atoms with Crippen LogP contribution in [0.4, 0.5) is 4.39 Å². The van der Waals surface area contributed by atoms with E-state index in [1.165, 1.54) is 17.7 Å². The number of piperidine rings is 1. The van der Waals surface area contributed by atoms with Crippen LogP contribution in [0.3, 0.4) is 0 Å². The molecule has 1 aromatic heterocycles. The number of halogens is 1. The number of aromatic nitrogens is 2. The number of imidazole rings is 1. The number of hydrogen-bond acceptors (Lipinski definition) is 3. The number of ether oxygens (including phenoxy) is 1. The molecule has 2 atom stereocenters. The van der Waals surface area contributed by atoms with Crippen LogP contribution in [0.2, 0.25) is 0 Å². The SMILES string of the molecule is Cc1cc(C)cc(C(=O)N2CC[C@H](Oc3nc4ccccc4n3Cc3ccc(F)cc3)C[C@@H]2Cc2ccccc2)c1. The van der Waals surface area contributed by atoms with Gasteiger partial charge in [-0.1, -0.05) is 71.8 Å². The number of rotatable bonds is 7. The molecule has 6 rings (SSSR count). The molecule has 6 heteroatoms. The van der Waals surface area contributed by atoms with Crippen LogP contribution in [0.1, 0.15) is 45.5 Å². The highest BCUT2D eigenvalue weighted by Crippen LogP contribution is 2.29. The molecule has 0 radical (unpaired) electrons. The van der Waals surface area contributed by atoms with Gasteiger partial charge in [0.2, 0.25) is 0 Å². The van der Waals surface area contributed by atoms with Crippen molar-refractivity contribution in [2.45, 2.75) is 51.8 Å². The summed E-state index contributed by atoms with van der Waals surface area (Å²) < 4.78 is 22.3. The van der Waals surface area contributed by atoms with E-state index in [9.17, 15) is 9.18 Å². The van der Waals surface area contributed by atoms with Crippen molar-refractivity contribution in [1.29, 1.82) is 0 Å². The van der Waals surface area contributed by atoms with E-state index in [4.69, 9.17) is 9.72 Å². The van der Waals surface area contributed by atoms with Crippen molar-refractivity contribution in [3.63, 3.8) is 0 Å². The van der Waals surface area contributed by atoms with E-state index in [0.29, 0.717) is 31.9 Å². The zero-order chi connectivity index (χ0) is 28.3. The van der Waals surface area contributed by atoms with Gasteiger partial charge in [0.1, 0.15) is 11.9 Å². The van der Waals surface area contributed by atoms with E-state index in [1.807, 2.05) is 73.3 Å². The van der Waals surface area contributed by atoms with Gasteiger partial charge < -0.3 is 9.64 Å². The van der Waals surface area contributed by atoms with Crippen LogP contribution < -0.4 is 4.74 Å². The Balaban J connectivity index is 1.28. The van der Waals surface area contributed by atoms with Gasteiger partial charge in [-0.05, 0) is 67.8 Å². The Morgan fingerprint density at radius 2 is 1.61 bits per heavy atom. The molecule has 208 valence electrons. The second kappa shape index (κ2) is 11.6. The number of carbonyl (C=O) groups excluding carboxylic acids is 1. The van der Waals surface area contributed by atoms with E-state index < -0.39 is 0 Å². The minimum atomic E-state index is -0.257. The molecule has 4 aromatic carbocycles. The maximum atomic E-state index is 13.8. The van der Waals surface area contributed by atoms with Gasteiger partial charge in [0.05, 0.1) is 17.6 Å². The van der Waals surface area contributed by atoms with Crippen molar-refractivity contribution in [2.75, 3.05) is 6.54 Å². The van der Waals surface area contributed by atoms with Crippen molar-refractivity contribution < 1.29 is 13.9 Å². The summed E-state index contributed by atoms with van der Waals surface area (Å²) in [5.41, 5.74) is 6.90. The first-order valence-electron chi connectivity index (χ1n) is 14.2. The minimum absolute atomic E-state index is 0.0144. The van der Waals surface area contributed by atoms with Crippen molar-refractivity contribution in [1.82, 2.24) is 14.5 Å². The first-order valence-corrected chi connectivity index (χ1v) is 14.2. The predicted octanol–water partition coefficient (Wildman–Crippen LogP) is 7.14. The van der Waals surface area contributed by atoms with Crippen LogP contribution in [0.25, 0.3) is 11.0 Å². The fourth-order valence-corrected chi connectivity index (χ4v) is 5.95. The average Bonchev–Trinajstić information content (AvgIpc) is 3.30. The summed E-state index contributed by atoms with van der Waals surface area (Å²) in [5, 5.41) is 0. The van der Waals surface area contributed by atoms with Gasteiger partial charge in [-0.2, -0.15) is 4.98 Å². The van der Waals surface area contributed by atoms with Crippen LogP contribution >= 0.6 is 0 Å². The minimum Gasteiger partial charge on any atom is -0.461 e. The summed E-state index contributed by atoms with van der Waals surface area (Å²) >= 11 is 0. The van der Waals surface area contributed by atoms with Crippen LogP contribution in [-0.4, -0.2) is 39.0 Å². The second-order valence-corrected chi connectivity index (χ2v) is 11.1. The lowest BCUT2D eigenvalue weighted by molar-refractivity contribution is 0.0362. The number of aryl methyl sites for hydroxylation is 2. The van der Waals surface area contributed by atoms with Crippen molar-refractivity contribution in [3.05, 3.63) is 131 Å². The lowest BCUT2D eigenvalue weighted by Crippen LogP contribution is -2.50. The molecular formula is C35H34FN3O2. The third kappa shape index (κ3) is 6.02. The summed E-state index contributed by atoms with van der Waals surface area (Å²) in [6.45, 7) is 5.19. The highest BCUT2D eigenvalue weighted by atomic mass is 19.1. The number of para-hydroxylation sites is 2. The van der Waals surface area contributed by atoms with Gasteiger partial charge in [0, 0.05) is 31.0 Å². The van der Waals surface area contributed by atoms with Crippen LogP contribution in [0.15, 0.2) is 97.1 Å². The van der Waals surface area contributed by atoms with E-state index in [0.717, 1.165) is 39.7 Å². The standard InChI is InChI=1S/C35H34FN3O2/c1-24-18-25(2)20-28(19-24)34(40)38-17-16-31(22-30(38)21-26-8-4-3-5-9-26)41-35-37-32-10-6-7-11-33(32)39(35)23-27-12-14-29(36)15-13-27/h3-15,18-20,30-31H,16-17,21-23H2,1-2H3/t30-,31-/m0/s1. The Morgan fingerprint density at radius 1 is 0.902 bits per heavy atom. The molecule has 1 saturated heterocycles. The lowest BCUT2D eigenvalue weighted by Gasteiger charge is -2.39. The Bertz CT molecular complexity index is 1640. The first-order chi connectivity index (χ1) is 19.9. The number of nitrogens with zero attached hydrogens (tertiary/aromatic N) is 3. The van der Waals surface area contributed by atoms with E-state index >= 15 is 0 Å². The highest BCUT2D eigenvalue weighted by molar-refractivity contribution is 5.95. The third-order valence-corrected chi connectivity index (χ3v) is 7.86. The van der Waals surface area contributed by atoms with E-state index in [-0.39, 0.29) is 23.9 Å². The summed E-state index contributed by atoms with van der Waals surface area (Å²) in [5.74, 6) is -0.188. The smallest absolute Gasteiger partial charge is 0.297 e. The number of fused-ring (bicyclic) bond motifs is 1. The molecule has 5 nitrogen and oxygen atoms in total. The van der Waals surface area contributed by atoms with Gasteiger partial charge in [-0.3, -0.25) is 9.36 Å². The number of benzene rings is 4. The normalized spacial score (nSPS) is 17.1. The summed E-state index contributed by atoms with van der Waals surface area (Å²) in [6, 6.07) is 31.4. The Labute approximate surface area is 240 Å². The molecule has 0 spiro atoms. The van der Waals surface area contributed by atoms with Crippen molar-refractivity contribution in [2.24, 2.45) is 0 Å². The molecule has 0 bridgehead atoms. The molecule has 0 saturated carbocycles.